The Kier molecular flexibility index (Phi) is 5.12. The molecule has 0 fully saturated rings. The van der Waals surface area contributed by atoms with Crippen LogP contribution < -0.4 is 0 Å². The maximum atomic E-state index is 12.5. The molecule has 0 atom stereocenters. The summed E-state index contributed by atoms with van der Waals surface area (Å²) >= 11 is 0. The van der Waals surface area contributed by atoms with Gasteiger partial charge in [-0.15, -0.1) is 0 Å². The van der Waals surface area contributed by atoms with Gasteiger partial charge in [0.2, 0.25) is 5.69 Å². The van der Waals surface area contributed by atoms with E-state index in [9.17, 15) is 18.9 Å². The van der Waals surface area contributed by atoms with E-state index in [1.54, 1.807) is 0 Å². The van der Waals surface area contributed by atoms with Gasteiger partial charge in [-0.25, -0.2) is 13.5 Å². The molecule has 0 aliphatic carbocycles. The summed E-state index contributed by atoms with van der Waals surface area (Å²) in [4.78, 5) is 9.72. The number of hydrogen-bond acceptors (Lipinski definition) is 4. The van der Waals surface area contributed by atoms with Gasteiger partial charge in [-0.1, -0.05) is 19.6 Å². The lowest BCUT2D eigenvalue weighted by Gasteiger charge is -2.15. The summed E-state index contributed by atoms with van der Waals surface area (Å²) in [7, 11) is -1.22. The van der Waals surface area contributed by atoms with Gasteiger partial charge in [-0.05, 0) is 6.04 Å². The Morgan fingerprint density at radius 2 is 2.16 bits per heavy atom. The van der Waals surface area contributed by atoms with Gasteiger partial charge in [-0.2, -0.15) is 5.10 Å². The molecule has 0 aliphatic rings. The lowest BCUT2D eigenvalue weighted by Crippen LogP contribution is -2.22. The predicted molar refractivity (Wildman–Crippen MR) is 67.9 cm³/mol. The second-order valence-electron chi connectivity index (χ2n) is 5.34. The van der Waals surface area contributed by atoms with Gasteiger partial charge in [0.15, 0.2) is 0 Å². The van der Waals surface area contributed by atoms with Crippen molar-refractivity contribution in [2.45, 2.75) is 38.8 Å². The molecule has 0 saturated carbocycles. The molecule has 0 unspecified atom stereocenters. The number of aromatic nitrogens is 2. The number of nitrogens with zero attached hydrogens (tertiary/aromatic N) is 3. The van der Waals surface area contributed by atoms with Gasteiger partial charge in [0.25, 0.3) is 6.43 Å². The van der Waals surface area contributed by atoms with Crippen molar-refractivity contribution in [3.8, 4) is 0 Å². The highest BCUT2D eigenvalue weighted by molar-refractivity contribution is 6.76. The Bertz CT molecular complexity index is 446. The third-order valence-corrected chi connectivity index (χ3v) is 4.10. The van der Waals surface area contributed by atoms with E-state index in [2.05, 4.69) is 24.7 Å². The molecule has 1 aromatic rings. The van der Waals surface area contributed by atoms with Crippen LogP contribution in [0.4, 0.5) is 14.5 Å². The molecule has 0 amide bonds. The lowest BCUT2D eigenvalue weighted by atomic mass is 10.4. The van der Waals surface area contributed by atoms with E-state index in [1.807, 2.05) is 0 Å². The molecule has 0 radical (unpaired) electrons. The Morgan fingerprint density at radius 3 is 2.58 bits per heavy atom. The molecule has 9 heteroatoms. The van der Waals surface area contributed by atoms with E-state index in [1.165, 1.54) is 0 Å². The van der Waals surface area contributed by atoms with Crippen molar-refractivity contribution in [3.63, 3.8) is 0 Å². The second kappa shape index (κ2) is 6.20. The minimum atomic E-state index is -2.97. The molecule has 108 valence electrons. The van der Waals surface area contributed by atoms with E-state index in [4.69, 9.17) is 4.74 Å². The number of nitro groups is 1. The topological polar surface area (TPSA) is 70.2 Å². The molecule has 0 aromatic carbocycles. The van der Waals surface area contributed by atoms with Crippen LogP contribution in [0.3, 0.4) is 0 Å². The fraction of sp³-hybridized carbons (Fsp3) is 0.700. The average molecular weight is 293 g/mol. The Labute approximate surface area is 110 Å². The lowest BCUT2D eigenvalue weighted by molar-refractivity contribution is -0.386. The summed E-state index contributed by atoms with van der Waals surface area (Å²) in [5, 5.41) is 14.1. The molecular weight excluding hydrogens is 276 g/mol. The zero-order valence-electron chi connectivity index (χ0n) is 11.1. The summed E-state index contributed by atoms with van der Waals surface area (Å²) < 4.78 is 31.4. The molecule has 0 N–H and O–H groups in total. The smallest absolute Gasteiger partial charge is 0.316 e. The third-order valence-electron chi connectivity index (χ3n) is 2.39. The molecule has 19 heavy (non-hydrogen) atoms. The maximum Gasteiger partial charge on any atom is 0.316 e. The zero-order chi connectivity index (χ0) is 14.6. The first-order valence-electron chi connectivity index (χ1n) is 5.78. The minimum Gasteiger partial charge on any atom is -0.360 e. The average Bonchev–Trinajstić information content (AvgIpc) is 2.67. The van der Waals surface area contributed by atoms with E-state index in [0.29, 0.717) is 6.61 Å². The highest BCUT2D eigenvalue weighted by atomic mass is 28.3. The molecular formula is C10H17F2N3O3Si. The van der Waals surface area contributed by atoms with Crippen LogP contribution in [0.5, 0.6) is 0 Å². The number of hydrogen-bond donors (Lipinski definition) is 0. The van der Waals surface area contributed by atoms with E-state index >= 15 is 0 Å². The van der Waals surface area contributed by atoms with Crippen molar-refractivity contribution in [2.75, 3.05) is 6.61 Å². The molecule has 1 rings (SSSR count). The number of rotatable bonds is 7. The van der Waals surface area contributed by atoms with Crippen molar-refractivity contribution in [2.24, 2.45) is 0 Å². The molecule has 0 spiro atoms. The standard InChI is InChI=1S/C10H17F2N3O3Si/c1-19(2,3)5-4-18-7-14-6-8(15(16)17)9(13-14)10(11)12/h6,10H,4-5,7H2,1-3H3. The quantitative estimate of drug-likeness (QED) is 0.335. The van der Waals surface area contributed by atoms with Crippen molar-refractivity contribution in [1.29, 1.82) is 0 Å². The van der Waals surface area contributed by atoms with Crippen LogP contribution in [-0.2, 0) is 11.5 Å². The van der Waals surface area contributed by atoms with Crippen molar-refractivity contribution >= 4 is 13.8 Å². The summed E-state index contributed by atoms with van der Waals surface area (Å²) in [6.07, 6.45) is -2.00. The normalized spacial score (nSPS) is 12.1. The SMILES string of the molecule is C[Si](C)(C)CCOCn1cc([N+](=O)[O-])c(C(F)F)n1. The highest BCUT2D eigenvalue weighted by Crippen LogP contribution is 2.26. The van der Waals surface area contributed by atoms with E-state index < -0.39 is 30.8 Å². The van der Waals surface area contributed by atoms with Crippen LogP contribution in [0.1, 0.15) is 12.1 Å². The van der Waals surface area contributed by atoms with Crippen LogP contribution >= 0.6 is 0 Å². The molecule has 0 aliphatic heterocycles. The van der Waals surface area contributed by atoms with Crippen LogP contribution in [-0.4, -0.2) is 29.4 Å². The Morgan fingerprint density at radius 1 is 1.53 bits per heavy atom. The van der Waals surface area contributed by atoms with Crippen LogP contribution in [0.25, 0.3) is 0 Å². The first-order valence-corrected chi connectivity index (χ1v) is 9.49. The summed E-state index contributed by atoms with van der Waals surface area (Å²) in [6, 6.07) is 0.929. The van der Waals surface area contributed by atoms with Crippen molar-refractivity contribution in [3.05, 3.63) is 22.0 Å². The molecule has 1 heterocycles. The molecule has 0 bridgehead atoms. The van der Waals surface area contributed by atoms with Gasteiger partial charge in [0, 0.05) is 14.7 Å². The monoisotopic (exact) mass is 293 g/mol. The number of alkyl halides is 2. The number of ether oxygens (including phenoxy) is 1. The first-order chi connectivity index (χ1) is 8.70. The van der Waals surface area contributed by atoms with E-state index in [-0.39, 0.29) is 6.73 Å². The summed E-state index contributed by atoms with van der Waals surface area (Å²) in [5.74, 6) is 0. The first kappa shape index (κ1) is 15.7. The van der Waals surface area contributed by atoms with Gasteiger partial charge >= 0.3 is 5.69 Å². The largest absolute Gasteiger partial charge is 0.360 e. The van der Waals surface area contributed by atoms with Gasteiger partial charge in [-0.3, -0.25) is 10.1 Å². The summed E-state index contributed by atoms with van der Waals surface area (Å²) in [5.41, 5.74) is -1.50. The van der Waals surface area contributed by atoms with Gasteiger partial charge in [0.05, 0.1) is 4.92 Å². The number of halogens is 2. The van der Waals surface area contributed by atoms with Crippen LogP contribution in [0, 0.1) is 10.1 Å². The molecule has 1 aromatic heterocycles. The van der Waals surface area contributed by atoms with Gasteiger partial charge in [0.1, 0.15) is 12.9 Å². The Hall–Kier alpha value is -1.35. The molecule has 6 nitrogen and oxygen atoms in total. The maximum absolute atomic E-state index is 12.5. The Balaban J connectivity index is 2.60. The van der Waals surface area contributed by atoms with Crippen molar-refractivity contribution in [1.82, 2.24) is 9.78 Å². The predicted octanol–water partition coefficient (Wildman–Crippen LogP) is 3.04. The van der Waals surface area contributed by atoms with Crippen LogP contribution in [0.2, 0.25) is 25.7 Å². The van der Waals surface area contributed by atoms with Crippen molar-refractivity contribution < 1.29 is 18.4 Å². The zero-order valence-corrected chi connectivity index (χ0v) is 12.1. The van der Waals surface area contributed by atoms with Gasteiger partial charge < -0.3 is 4.74 Å². The molecule has 0 saturated heterocycles. The van der Waals surface area contributed by atoms with E-state index in [0.717, 1.165) is 16.9 Å². The summed E-state index contributed by atoms with van der Waals surface area (Å²) in [6.45, 7) is 6.99. The van der Waals surface area contributed by atoms with Crippen LogP contribution in [0.15, 0.2) is 6.20 Å². The fourth-order valence-electron chi connectivity index (χ4n) is 1.32. The third kappa shape index (κ3) is 5.03. The minimum absolute atomic E-state index is 0.0575. The highest BCUT2D eigenvalue weighted by Gasteiger charge is 2.26. The second-order valence-corrected chi connectivity index (χ2v) is 11.0. The fourth-order valence-corrected chi connectivity index (χ4v) is 2.08.